The molecule has 2 unspecified atom stereocenters. The molecule has 7 nitrogen and oxygen atoms in total. The number of likely N-dealkylation sites (tertiary alicyclic amines) is 1. The predicted molar refractivity (Wildman–Crippen MR) is 134 cm³/mol. The Balaban J connectivity index is 1.13. The van der Waals surface area contributed by atoms with E-state index in [1.807, 2.05) is 36.4 Å². The highest BCUT2D eigenvalue weighted by atomic mass is 16.2. The van der Waals surface area contributed by atoms with Gasteiger partial charge in [-0.05, 0) is 36.1 Å². The van der Waals surface area contributed by atoms with Crippen LogP contribution in [0.4, 0.5) is 5.69 Å². The van der Waals surface area contributed by atoms with Crippen molar-refractivity contribution >= 4 is 23.4 Å². The number of anilines is 1. The number of hydrogen-bond acceptors (Lipinski definition) is 5. The summed E-state index contributed by atoms with van der Waals surface area (Å²) in [6, 6.07) is 18.6. The number of benzene rings is 2. The summed E-state index contributed by atoms with van der Waals surface area (Å²) < 4.78 is 0. The first-order valence-corrected chi connectivity index (χ1v) is 12.5. The number of para-hydroxylation sites is 1. The van der Waals surface area contributed by atoms with Crippen LogP contribution >= 0.6 is 0 Å². The van der Waals surface area contributed by atoms with Gasteiger partial charge >= 0.3 is 0 Å². The maximum Gasteiger partial charge on any atom is 0.240 e. The van der Waals surface area contributed by atoms with Crippen LogP contribution in [-0.4, -0.2) is 60.2 Å². The first-order chi connectivity index (χ1) is 17.1. The van der Waals surface area contributed by atoms with E-state index < -0.39 is 0 Å². The van der Waals surface area contributed by atoms with Crippen molar-refractivity contribution in [1.29, 1.82) is 0 Å². The second-order valence-electron chi connectivity index (χ2n) is 9.56. The van der Waals surface area contributed by atoms with Crippen molar-refractivity contribution in [1.82, 2.24) is 15.1 Å². The van der Waals surface area contributed by atoms with Crippen molar-refractivity contribution in [3.63, 3.8) is 0 Å². The molecule has 2 aromatic carbocycles. The molecule has 1 N–H and O–H groups in total. The zero-order valence-corrected chi connectivity index (χ0v) is 19.9. The minimum atomic E-state index is -0.302. The molecule has 2 aliphatic heterocycles. The lowest BCUT2D eigenvalue weighted by atomic mass is 9.85. The van der Waals surface area contributed by atoms with E-state index in [9.17, 15) is 14.4 Å². The quantitative estimate of drug-likeness (QED) is 0.495. The lowest BCUT2D eigenvalue weighted by Crippen LogP contribution is -2.46. The monoisotopic (exact) mass is 472 g/mol. The largest absolute Gasteiger partial charge is 0.369 e. The molecular formula is C28H32N4O3. The fraction of sp³-hybridized carbons (Fsp3) is 0.393. The number of nitrogens with zero attached hydrogens (tertiary/aromatic N) is 3. The molecule has 1 aliphatic carbocycles. The molecule has 35 heavy (non-hydrogen) atoms. The minimum absolute atomic E-state index is 0.200. The molecule has 0 radical (unpaired) electrons. The van der Waals surface area contributed by atoms with Gasteiger partial charge in [0.1, 0.15) is 6.54 Å². The van der Waals surface area contributed by atoms with Crippen molar-refractivity contribution < 1.29 is 14.4 Å². The Hall–Kier alpha value is -3.45. The summed E-state index contributed by atoms with van der Waals surface area (Å²) >= 11 is 0. The van der Waals surface area contributed by atoms with Gasteiger partial charge in [0.15, 0.2) is 0 Å². The van der Waals surface area contributed by atoms with E-state index in [2.05, 4.69) is 45.4 Å². The minimum Gasteiger partial charge on any atom is -0.369 e. The van der Waals surface area contributed by atoms with Crippen LogP contribution in [0, 0.1) is 11.8 Å². The van der Waals surface area contributed by atoms with Crippen molar-refractivity contribution in [3.8, 4) is 0 Å². The van der Waals surface area contributed by atoms with Crippen LogP contribution in [0.5, 0.6) is 0 Å². The van der Waals surface area contributed by atoms with E-state index in [0.717, 1.165) is 43.2 Å². The topological polar surface area (TPSA) is 73.0 Å². The second kappa shape index (κ2) is 10.4. The number of hydrogen-bond donors (Lipinski definition) is 1. The third kappa shape index (κ3) is 5.15. The van der Waals surface area contributed by atoms with Gasteiger partial charge in [0, 0.05) is 45.0 Å². The van der Waals surface area contributed by atoms with Gasteiger partial charge in [-0.1, -0.05) is 54.6 Å². The Labute approximate surface area is 206 Å². The zero-order chi connectivity index (χ0) is 24.2. The highest BCUT2D eigenvalue weighted by molar-refractivity contribution is 6.07. The van der Waals surface area contributed by atoms with Crippen molar-refractivity contribution in [3.05, 3.63) is 77.9 Å². The lowest BCUT2D eigenvalue weighted by Gasteiger charge is -2.36. The van der Waals surface area contributed by atoms with Crippen molar-refractivity contribution in [2.75, 3.05) is 37.6 Å². The first kappa shape index (κ1) is 23.3. The van der Waals surface area contributed by atoms with E-state index in [1.165, 1.54) is 11.3 Å². The summed E-state index contributed by atoms with van der Waals surface area (Å²) in [6.45, 7) is 4.93. The van der Waals surface area contributed by atoms with Crippen LogP contribution < -0.4 is 10.2 Å². The van der Waals surface area contributed by atoms with Crippen LogP contribution in [0.1, 0.15) is 24.0 Å². The van der Waals surface area contributed by atoms with Crippen molar-refractivity contribution in [2.24, 2.45) is 11.8 Å². The molecule has 0 aromatic heterocycles. The fourth-order valence-corrected chi connectivity index (χ4v) is 5.35. The maximum atomic E-state index is 12.7. The van der Waals surface area contributed by atoms with E-state index in [0.29, 0.717) is 19.4 Å². The Morgan fingerprint density at radius 3 is 2.06 bits per heavy atom. The van der Waals surface area contributed by atoms with Crippen LogP contribution in [0.15, 0.2) is 66.7 Å². The van der Waals surface area contributed by atoms with Gasteiger partial charge in [0.25, 0.3) is 0 Å². The summed E-state index contributed by atoms with van der Waals surface area (Å²) in [4.78, 5) is 43.9. The highest BCUT2D eigenvalue weighted by Crippen LogP contribution is 2.34. The number of nitrogens with one attached hydrogen (secondary N) is 1. The summed E-state index contributed by atoms with van der Waals surface area (Å²) in [5.74, 6) is -1.33. The van der Waals surface area contributed by atoms with Crippen LogP contribution in [0.3, 0.4) is 0 Å². The molecule has 0 saturated carbocycles. The molecule has 2 saturated heterocycles. The lowest BCUT2D eigenvalue weighted by molar-refractivity contribution is -0.143. The number of rotatable bonds is 7. The molecule has 0 bridgehead atoms. The predicted octanol–water partition coefficient (Wildman–Crippen LogP) is 2.58. The summed E-state index contributed by atoms with van der Waals surface area (Å²) in [5, 5.41) is 2.93. The maximum absolute atomic E-state index is 12.7. The number of imide groups is 1. The summed E-state index contributed by atoms with van der Waals surface area (Å²) in [7, 11) is 0. The normalized spacial score (nSPS) is 22.4. The number of piperazine rings is 1. The van der Waals surface area contributed by atoms with Gasteiger partial charge in [0.2, 0.25) is 17.7 Å². The number of fused-ring (bicyclic) bond motifs is 1. The molecule has 2 aromatic rings. The first-order valence-electron chi connectivity index (χ1n) is 12.5. The average Bonchev–Trinajstić information content (AvgIpc) is 3.14. The van der Waals surface area contributed by atoms with Gasteiger partial charge < -0.3 is 10.2 Å². The average molecular weight is 473 g/mol. The molecule has 3 amide bonds. The molecule has 5 rings (SSSR count). The SMILES string of the molecule is O=C(CN1C(=O)C2CC=CCC2C1=O)NCc1ccccc1CN1CCN(c2ccccc2)CC1. The standard InChI is InChI=1S/C28H32N4O3/c33-26(20-32-27(34)24-12-6-7-13-25(24)28(32)35)29-18-21-8-4-5-9-22(21)19-30-14-16-31(17-15-30)23-10-2-1-3-11-23/h1-11,24-25H,12-20H2,(H,29,33). The zero-order valence-electron chi connectivity index (χ0n) is 19.9. The molecule has 7 heteroatoms. The van der Waals surface area contributed by atoms with Gasteiger partial charge in [-0.15, -0.1) is 0 Å². The third-order valence-corrected chi connectivity index (χ3v) is 7.38. The number of amides is 3. The van der Waals surface area contributed by atoms with Crippen LogP contribution in [-0.2, 0) is 27.5 Å². The van der Waals surface area contributed by atoms with E-state index in [1.54, 1.807) is 0 Å². The summed E-state index contributed by atoms with van der Waals surface area (Å²) in [6.07, 6.45) is 5.07. The van der Waals surface area contributed by atoms with E-state index in [-0.39, 0.29) is 36.1 Å². The smallest absolute Gasteiger partial charge is 0.240 e. The van der Waals surface area contributed by atoms with Crippen molar-refractivity contribution in [2.45, 2.75) is 25.9 Å². The molecular weight excluding hydrogens is 440 g/mol. The van der Waals surface area contributed by atoms with Crippen LogP contribution in [0.25, 0.3) is 0 Å². The highest BCUT2D eigenvalue weighted by Gasteiger charge is 2.47. The van der Waals surface area contributed by atoms with Gasteiger partial charge in [0.05, 0.1) is 11.8 Å². The summed E-state index contributed by atoms with van der Waals surface area (Å²) in [5.41, 5.74) is 3.51. The van der Waals surface area contributed by atoms with Gasteiger partial charge in [-0.3, -0.25) is 24.2 Å². The third-order valence-electron chi connectivity index (χ3n) is 7.38. The number of carbonyl (C=O) groups is 3. The molecule has 2 fully saturated rings. The molecule has 3 aliphatic rings. The Morgan fingerprint density at radius 2 is 1.40 bits per heavy atom. The molecule has 2 heterocycles. The van der Waals surface area contributed by atoms with Crippen LogP contribution in [0.2, 0.25) is 0 Å². The van der Waals surface area contributed by atoms with Gasteiger partial charge in [-0.2, -0.15) is 0 Å². The molecule has 182 valence electrons. The fourth-order valence-electron chi connectivity index (χ4n) is 5.35. The molecule has 0 spiro atoms. The second-order valence-corrected chi connectivity index (χ2v) is 9.56. The molecule has 2 atom stereocenters. The Bertz CT molecular complexity index is 1080. The van der Waals surface area contributed by atoms with Gasteiger partial charge in [-0.25, -0.2) is 0 Å². The van der Waals surface area contributed by atoms with E-state index >= 15 is 0 Å². The Morgan fingerprint density at radius 1 is 0.800 bits per heavy atom. The Kier molecular flexibility index (Phi) is 6.95. The number of carbonyl (C=O) groups excluding carboxylic acids is 3. The number of allylic oxidation sites excluding steroid dienone is 2. The van der Waals surface area contributed by atoms with E-state index in [4.69, 9.17) is 0 Å².